The lowest BCUT2D eigenvalue weighted by Gasteiger charge is -2.45. The van der Waals surface area contributed by atoms with E-state index in [1.807, 2.05) is 13.0 Å². The standard InChI is InChI=1S/C26H33N3O2/c1-19-11-12-22(24(30)27(19)2)25(31)29-17-21-16-28(15-20-9-5-3-6-10-20)18-23(21)26(29)13-7-4-8-14-26/h3,5-6,9-12,21,23H,4,7-8,13-18H2,1-2H3/t21-,23+/m0/s1. The average Bonchev–Trinajstić information content (AvgIpc) is 3.30. The van der Waals surface area contributed by atoms with Gasteiger partial charge in [-0.3, -0.25) is 14.5 Å². The van der Waals surface area contributed by atoms with E-state index in [-0.39, 0.29) is 17.0 Å². The van der Waals surface area contributed by atoms with Crippen LogP contribution in [0.25, 0.3) is 0 Å². The summed E-state index contributed by atoms with van der Waals surface area (Å²) in [6.45, 7) is 5.76. The second kappa shape index (κ2) is 7.94. The van der Waals surface area contributed by atoms with Gasteiger partial charge >= 0.3 is 0 Å². The molecule has 1 aromatic carbocycles. The largest absolute Gasteiger partial charge is 0.332 e. The first-order valence-corrected chi connectivity index (χ1v) is 11.7. The average molecular weight is 420 g/mol. The molecule has 0 unspecified atom stereocenters. The highest BCUT2D eigenvalue weighted by atomic mass is 16.2. The molecule has 1 aliphatic carbocycles. The van der Waals surface area contributed by atoms with Crippen molar-refractivity contribution in [2.45, 2.75) is 51.1 Å². The number of hydrogen-bond acceptors (Lipinski definition) is 3. The highest BCUT2D eigenvalue weighted by Crippen LogP contribution is 2.51. The van der Waals surface area contributed by atoms with Crippen LogP contribution in [0, 0.1) is 18.8 Å². The maximum absolute atomic E-state index is 13.7. The summed E-state index contributed by atoms with van der Waals surface area (Å²) >= 11 is 0. The molecule has 3 fully saturated rings. The van der Waals surface area contributed by atoms with E-state index in [4.69, 9.17) is 0 Å². The van der Waals surface area contributed by atoms with E-state index in [1.165, 1.54) is 24.8 Å². The molecule has 2 saturated heterocycles. The summed E-state index contributed by atoms with van der Waals surface area (Å²) in [6.07, 6.45) is 5.76. The predicted octanol–water partition coefficient (Wildman–Crippen LogP) is 3.60. The molecule has 3 aliphatic rings. The maximum atomic E-state index is 13.7. The first kappa shape index (κ1) is 20.5. The fourth-order valence-electron chi connectivity index (χ4n) is 6.47. The molecule has 5 rings (SSSR count). The fraction of sp³-hybridized carbons (Fsp3) is 0.538. The smallest absolute Gasteiger partial charge is 0.263 e. The Morgan fingerprint density at radius 3 is 2.48 bits per heavy atom. The number of carbonyl (C=O) groups excluding carboxylic acids is 1. The van der Waals surface area contributed by atoms with Crippen LogP contribution < -0.4 is 5.56 Å². The van der Waals surface area contributed by atoms with Crippen molar-refractivity contribution in [3.8, 4) is 0 Å². The highest BCUT2D eigenvalue weighted by Gasteiger charge is 2.58. The molecule has 1 saturated carbocycles. The van der Waals surface area contributed by atoms with Crippen molar-refractivity contribution in [2.75, 3.05) is 19.6 Å². The van der Waals surface area contributed by atoms with Gasteiger partial charge in [0.2, 0.25) is 0 Å². The number of hydrogen-bond donors (Lipinski definition) is 0. The summed E-state index contributed by atoms with van der Waals surface area (Å²) in [5, 5.41) is 0. The Kier molecular flexibility index (Phi) is 5.25. The van der Waals surface area contributed by atoms with Gasteiger partial charge in [0.05, 0.1) is 0 Å². The van der Waals surface area contributed by atoms with E-state index >= 15 is 0 Å². The van der Waals surface area contributed by atoms with Gasteiger partial charge in [-0.2, -0.15) is 0 Å². The molecule has 164 valence electrons. The van der Waals surface area contributed by atoms with Crippen LogP contribution in [0.1, 0.15) is 53.7 Å². The molecule has 5 heteroatoms. The minimum absolute atomic E-state index is 0.0495. The molecule has 2 aliphatic heterocycles. The lowest BCUT2D eigenvalue weighted by Crippen LogP contribution is -2.54. The summed E-state index contributed by atoms with van der Waals surface area (Å²) in [7, 11) is 1.75. The van der Waals surface area contributed by atoms with E-state index in [0.717, 1.165) is 44.7 Å². The zero-order valence-electron chi connectivity index (χ0n) is 18.7. The minimum atomic E-state index is -0.168. The number of carbonyl (C=O) groups is 1. The van der Waals surface area contributed by atoms with Crippen LogP contribution in [0.15, 0.2) is 47.3 Å². The maximum Gasteiger partial charge on any atom is 0.263 e. The fourth-order valence-corrected chi connectivity index (χ4v) is 6.47. The van der Waals surface area contributed by atoms with Gasteiger partial charge in [-0.05, 0) is 43.4 Å². The van der Waals surface area contributed by atoms with E-state index in [9.17, 15) is 9.59 Å². The highest BCUT2D eigenvalue weighted by molar-refractivity contribution is 5.94. The van der Waals surface area contributed by atoms with E-state index < -0.39 is 0 Å². The minimum Gasteiger partial charge on any atom is -0.332 e. The van der Waals surface area contributed by atoms with Crippen LogP contribution in [-0.4, -0.2) is 45.4 Å². The van der Waals surface area contributed by atoms with Gasteiger partial charge in [0.1, 0.15) is 5.56 Å². The van der Waals surface area contributed by atoms with Gasteiger partial charge < -0.3 is 9.47 Å². The number of aryl methyl sites for hydroxylation is 1. The molecule has 5 nitrogen and oxygen atoms in total. The molecular weight excluding hydrogens is 386 g/mol. The first-order valence-electron chi connectivity index (χ1n) is 11.7. The molecule has 0 radical (unpaired) electrons. The number of aromatic nitrogens is 1. The lowest BCUT2D eigenvalue weighted by molar-refractivity contribution is 0.0344. The summed E-state index contributed by atoms with van der Waals surface area (Å²) in [5.41, 5.74) is 2.32. The summed E-state index contributed by atoms with van der Waals surface area (Å²) < 4.78 is 1.60. The molecule has 1 spiro atoms. The molecule has 1 amide bonds. The van der Waals surface area contributed by atoms with Crippen LogP contribution in [0.4, 0.5) is 0 Å². The zero-order chi connectivity index (χ0) is 21.6. The van der Waals surface area contributed by atoms with Gasteiger partial charge in [-0.1, -0.05) is 49.6 Å². The Morgan fingerprint density at radius 1 is 1.00 bits per heavy atom. The van der Waals surface area contributed by atoms with Crippen molar-refractivity contribution >= 4 is 5.91 Å². The zero-order valence-corrected chi connectivity index (χ0v) is 18.7. The summed E-state index contributed by atoms with van der Waals surface area (Å²) in [6, 6.07) is 14.3. The second-order valence-corrected chi connectivity index (χ2v) is 9.88. The molecular formula is C26H33N3O2. The quantitative estimate of drug-likeness (QED) is 0.764. The van der Waals surface area contributed by atoms with Crippen LogP contribution in [-0.2, 0) is 13.6 Å². The third-order valence-electron chi connectivity index (χ3n) is 8.16. The molecule has 1 aromatic heterocycles. The number of amides is 1. The SMILES string of the molecule is Cc1ccc(C(=O)N2C[C@@H]3CN(Cc4ccccc4)C[C@H]3C23CCCCC3)c(=O)n1C. The van der Waals surface area contributed by atoms with E-state index in [1.54, 1.807) is 17.7 Å². The van der Waals surface area contributed by atoms with Crippen LogP contribution in [0.5, 0.6) is 0 Å². The molecule has 2 aromatic rings. The van der Waals surface area contributed by atoms with Gasteiger partial charge in [0.15, 0.2) is 0 Å². The Labute approximate surface area is 184 Å². The molecule has 31 heavy (non-hydrogen) atoms. The van der Waals surface area contributed by atoms with Crippen LogP contribution in [0.2, 0.25) is 0 Å². The van der Waals surface area contributed by atoms with Crippen molar-refractivity contribution in [1.29, 1.82) is 0 Å². The molecule has 2 atom stereocenters. The van der Waals surface area contributed by atoms with Crippen LogP contribution >= 0.6 is 0 Å². The van der Waals surface area contributed by atoms with Crippen molar-refractivity contribution in [1.82, 2.24) is 14.4 Å². The summed E-state index contributed by atoms with van der Waals surface area (Å²) in [5.74, 6) is 0.960. The number of nitrogens with zero attached hydrogens (tertiary/aromatic N) is 3. The summed E-state index contributed by atoms with van der Waals surface area (Å²) in [4.78, 5) is 31.3. The van der Waals surface area contributed by atoms with Crippen molar-refractivity contribution in [3.63, 3.8) is 0 Å². The lowest BCUT2D eigenvalue weighted by atomic mass is 9.71. The monoisotopic (exact) mass is 419 g/mol. The number of pyridine rings is 1. The molecule has 0 N–H and O–H groups in total. The van der Waals surface area contributed by atoms with Gasteiger partial charge in [0, 0.05) is 50.4 Å². The first-order chi connectivity index (χ1) is 15.0. The number of rotatable bonds is 3. The second-order valence-electron chi connectivity index (χ2n) is 9.88. The molecule has 3 heterocycles. The number of fused-ring (bicyclic) bond motifs is 2. The van der Waals surface area contributed by atoms with Crippen LogP contribution in [0.3, 0.4) is 0 Å². The third-order valence-corrected chi connectivity index (χ3v) is 8.16. The van der Waals surface area contributed by atoms with Crippen molar-refractivity contribution in [2.24, 2.45) is 18.9 Å². The topological polar surface area (TPSA) is 45.6 Å². The number of benzene rings is 1. The Morgan fingerprint density at radius 2 is 1.74 bits per heavy atom. The Hall–Kier alpha value is -2.40. The normalized spacial score (nSPS) is 25.2. The molecule has 0 bridgehead atoms. The van der Waals surface area contributed by atoms with E-state index in [0.29, 0.717) is 17.4 Å². The van der Waals surface area contributed by atoms with Crippen molar-refractivity contribution in [3.05, 3.63) is 69.6 Å². The van der Waals surface area contributed by atoms with E-state index in [2.05, 4.69) is 40.1 Å². The third kappa shape index (κ3) is 3.43. The Bertz CT molecular complexity index is 1020. The van der Waals surface area contributed by atoms with Crippen molar-refractivity contribution < 1.29 is 4.79 Å². The number of likely N-dealkylation sites (tertiary alicyclic amines) is 2. The predicted molar refractivity (Wildman–Crippen MR) is 122 cm³/mol. The van der Waals surface area contributed by atoms with Gasteiger partial charge in [0.25, 0.3) is 11.5 Å². The van der Waals surface area contributed by atoms with Gasteiger partial charge in [-0.25, -0.2) is 0 Å². The Balaban J connectivity index is 1.42. The van der Waals surface area contributed by atoms with Gasteiger partial charge in [-0.15, -0.1) is 0 Å².